The summed E-state index contributed by atoms with van der Waals surface area (Å²) in [6.07, 6.45) is 6.90. The van der Waals surface area contributed by atoms with E-state index in [1.54, 1.807) is 11.9 Å². The van der Waals surface area contributed by atoms with Crippen molar-refractivity contribution in [1.82, 2.24) is 10.2 Å². The zero-order valence-corrected chi connectivity index (χ0v) is 20.1. The number of nitrogens with one attached hydrogen (secondary N) is 2. The molecule has 5 atom stereocenters. The summed E-state index contributed by atoms with van der Waals surface area (Å²) in [5.74, 6) is -1.97. The van der Waals surface area contributed by atoms with E-state index in [-0.39, 0.29) is 36.2 Å². The number of rotatable bonds is 9. The van der Waals surface area contributed by atoms with Crippen molar-refractivity contribution in [3.8, 4) is 0 Å². The van der Waals surface area contributed by atoms with Crippen LogP contribution < -0.4 is 10.6 Å². The Morgan fingerprint density at radius 2 is 1.88 bits per heavy atom. The maximum Gasteiger partial charge on any atom is 0.247 e. The molecule has 3 rings (SSSR count). The van der Waals surface area contributed by atoms with Crippen LogP contribution in [0.25, 0.3) is 0 Å². The van der Waals surface area contributed by atoms with Crippen LogP contribution in [-0.4, -0.2) is 54.0 Å². The lowest BCUT2D eigenvalue weighted by Gasteiger charge is -2.34. The van der Waals surface area contributed by atoms with Gasteiger partial charge in [-0.2, -0.15) is 0 Å². The number of benzene rings is 1. The number of anilines is 1. The van der Waals surface area contributed by atoms with Crippen LogP contribution in [0.15, 0.2) is 30.4 Å². The first kappa shape index (κ1) is 25.0. The van der Waals surface area contributed by atoms with Crippen molar-refractivity contribution in [2.24, 2.45) is 23.7 Å². The average Bonchev–Trinajstić information content (AvgIpc) is 3.08. The normalized spacial score (nSPS) is 26.3. The van der Waals surface area contributed by atoms with Crippen molar-refractivity contribution < 1.29 is 19.5 Å². The Balaban J connectivity index is 1.97. The van der Waals surface area contributed by atoms with Crippen LogP contribution in [0.4, 0.5) is 5.69 Å². The second-order valence-electron chi connectivity index (χ2n) is 9.30. The monoisotopic (exact) mass is 455 g/mol. The number of carbonyl (C=O) groups is 3. The molecule has 3 N–H and O–H groups in total. The van der Waals surface area contributed by atoms with Crippen LogP contribution in [0.1, 0.15) is 43.7 Å². The lowest BCUT2D eigenvalue weighted by molar-refractivity contribution is -0.140. The molecule has 0 spiro atoms. The second-order valence-corrected chi connectivity index (χ2v) is 9.30. The number of aliphatic hydroxyl groups is 1. The summed E-state index contributed by atoms with van der Waals surface area (Å²) in [7, 11) is 1.60. The quantitative estimate of drug-likeness (QED) is 0.394. The molecule has 7 heteroatoms. The highest BCUT2D eigenvalue weighted by molar-refractivity contribution is 6.02. The van der Waals surface area contributed by atoms with E-state index in [4.69, 9.17) is 0 Å². The number of hydrogen-bond acceptors (Lipinski definition) is 4. The molecule has 1 aromatic carbocycles. The summed E-state index contributed by atoms with van der Waals surface area (Å²) in [6, 6.07) is 5.20. The predicted octanol–water partition coefficient (Wildman–Crippen LogP) is 2.81. The molecule has 0 aromatic heterocycles. The van der Waals surface area contributed by atoms with Gasteiger partial charge < -0.3 is 20.6 Å². The van der Waals surface area contributed by atoms with Gasteiger partial charge >= 0.3 is 0 Å². The minimum absolute atomic E-state index is 0.0275. The molecule has 1 fully saturated rings. The molecule has 0 bridgehead atoms. The van der Waals surface area contributed by atoms with Gasteiger partial charge in [0, 0.05) is 31.8 Å². The number of nitrogens with zero attached hydrogens (tertiary/aromatic N) is 1. The molecule has 1 heterocycles. The number of aryl methyl sites for hydroxylation is 2. The molecule has 0 unspecified atom stereocenters. The fourth-order valence-corrected chi connectivity index (χ4v) is 5.34. The first-order chi connectivity index (χ1) is 15.8. The second kappa shape index (κ2) is 11.0. The van der Waals surface area contributed by atoms with E-state index in [0.717, 1.165) is 29.7 Å². The van der Waals surface area contributed by atoms with Gasteiger partial charge in [-0.15, -0.1) is 0 Å². The lowest BCUT2D eigenvalue weighted by atomic mass is 9.68. The third-order valence-corrected chi connectivity index (χ3v) is 7.01. The highest BCUT2D eigenvalue weighted by Crippen LogP contribution is 2.45. The van der Waals surface area contributed by atoms with E-state index >= 15 is 0 Å². The fourth-order valence-electron chi connectivity index (χ4n) is 5.34. The van der Waals surface area contributed by atoms with Crippen LogP contribution in [0.2, 0.25) is 0 Å². The first-order valence-electron chi connectivity index (χ1n) is 12.0. The molecule has 1 saturated heterocycles. The Hall–Kier alpha value is -2.67. The molecule has 3 amide bonds. The maximum absolute atomic E-state index is 13.7. The molecule has 1 aliphatic carbocycles. The summed E-state index contributed by atoms with van der Waals surface area (Å²) >= 11 is 0. The summed E-state index contributed by atoms with van der Waals surface area (Å²) in [5.41, 5.74) is 2.72. The zero-order valence-electron chi connectivity index (χ0n) is 20.1. The lowest BCUT2D eigenvalue weighted by Crippen LogP contribution is -2.45. The maximum atomic E-state index is 13.7. The number of amides is 3. The van der Waals surface area contributed by atoms with Crippen molar-refractivity contribution in [3.05, 3.63) is 41.5 Å². The molecule has 180 valence electrons. The Morgan fingerprint density at radius 3 is 2.55 bits per heavy atom. The van der Waals surface area contributed by atoms with Crippen LogP contribution in [0.5, 0.6) is 0 Å². The molecule has 7 nitrogen and oxygen atoms in total. The van der Waals surface area contributed by atoms with Gasteiger partial charge in [0.2, 0.25) is 17.7 Å². The van der Waals surface area contributed by atoms with Gasteiger partial charge in [-0.05, 0) is 56.2 Å². The summed E-state index contributed by atoms with van der Waals surface area (Å²) < 4.78 is 0. The highest BCUT2D eigenvalue weighted by atomic mass is 16.3. The van der Waals surface area contributed by atoms with Gasteiger partial charge in [-0.1, -0.05) is 37.6 Å². The Kier molecular flexibility index (Phi) is 8.30. The van der Waals surface area contributed by atoms with E-state index in [9.17, 15) is 19.5 Å². The number of allylic oxidation sites excluding steroid dienone is 1. The predicted molar refractivity (Wildman–Crippen MR) is 128 cm³/mol. The van der Waals surface area contributed by atoms with E-state index in [1.807, 2.05) is 44.2 Å². The fraction of sp³-hybridized carbons (Fsp3) is 0.577. The van der Waals surface area contributed by atoms with Gasteiger partial charge in [0.15, 0.2) is 0 Å². The number of hydrogen-bond donors (Lipinski definition) is 3. The smallest absolute Gasteiger partial charge is 0.247 e. The minimum atomic E-state index is -0.688. The van der Waals surface area contributed by atoms with Crippen molar-refractivity contribution >= 4 is 23.4 Å². The van der Waals surface area contributed by atoms with Crippen LogP contribution >= 0.6 is 0 Å². The molecule has 1 aromatic rings. The summed E-state index contributed by atoms with van der Waals surface area (Å²) in [5, 5.41) is 15.0. The summed E-state index contributed by atoms with van der Waals surface area (Å²) in [6.45, 7) is 6.39. The van der Waals surface area contributed by atoms with Gasteiger partial charge in [-0.3, -0.25) is 14.4 Å². The van der Waals surface area contributed by atoms with Crippen LogP contribution in [-0.2, 0) is 14.4 Å². The number of likely N-dealkylation sites (tertiary alicyclic amines) is 1. The zero-order chi connectivity index (χ0) is 24.1. The Labute approximate surface area is 196 Å². The molecule has 33 heavy (non-hydrogen) atoms. The highest BCUT2D eigenvalue weighted by Gasteiger charge is 2.56. The number of carbonyl (C=O) groups excluding carboxylic acids is 3. The van der Waals surface area contributed by atoms with E-state index in [1.165, 1.54) is 0 Å². The van der Waals surface area contributed by atoms with Crippen molar-refractivity contribution in [3.63, 3.8) is 0 Å². The van der Waals surface area contributed by atoms with Crippen LogP contribution in [0, 0.1) is 37.5 Å². The standard InChI is InChI=1S/C26H37N3O4/c1-5-8-18-11-12-19-22(21(18)24(31)27-4)26(33)29(13-6-7-14-30)23(19)25(32)28-20-15-16(2)9-10-17(20)3/h9-12,15,18-19,21-23,30H,5-8,13-14H2,1-4H3,(H,27,31)(H,28,32)/t18-,19+,21-,22+,23+/m1/s1. The SMILES string of the molecule is CCC[C@@H]1C=C[C@H]2[C@H](C(=O)N(CCCCO)[C@@H]2C(=O)Nc2cc(C)ccc2C)[C@@H]1C(=O)NC. The van der Waals surface area contributed by atoms with Crippen molar-refractivity contribution in [1.29, 1.82) is 0 Å². The number of aliphatic hydroxyl groups excluding tert-OH is 1. The third kappa shape index (κ3) is 5.13. The van der Waals surface area contributed by atoms with Gasteiger partial charge in [-0.25, -0.2) is 0 Å². The number of unbranched alkanes of at least 4 members (excludes halogenated alkanes) is 1. The third-order valence-electron chi connectivity index (χ3n) is 7.01. The Bertz CT molecular complexity index is 913. The Morgan fingerprint density at radius 1 is 1.12 bits per heavy atom. The molecule has 0 saturated carbocycles. The van der Waals surface area contributed by atoms with Crippen molar-refractivity contribution in [2.75, 3.05) is 25.5 Å². The van der Waals surface area contributed by atoms with Crippen LogP contribution in [0.3, 0.4) is 0 Å². The van der Waals surface area contributed by atoms with E-state index in [0.29, 0.717) is 19.4 Å². The molecule has 1 aliphatic heterocycles. The van der Waals surface area contributed by atoms with Crippen molar-refractivity contribution in [2.45, 2.75) is 52.5 Å². The molecular formula is C26H37N3O4. The van der Waals surface area contributed by atoms with Gasteiger partial charge in [0.1, 0.15) is 6.04 Å². The van der Waals surface area contributed by atoms with Gasteiger partial charge in [0.25, 0.3) is 0 Å². The first-order valence-corrected chi connectivity index (χ1v) is 12.0. The van der Waals surface area contributed by atoms with E-state index in [2.05, 4.69) is 17.6 Å². The average molecular weight is 456 g/mol. The number of fused-ring (bicyclic) bond motifs is 1. The summed E-state index contributed by atoms with van der Waals surface area (Å²) in [4.78, 5) is 41.8. The largest absolute Gasteiger partial charge is 0.396 e. The van der Waals surface area contributed by atoms with E-state index < -0.39 is 17.9 Å². The molecule has 2 aliphatic rings. The molecular weight excluding hydrogens is 418 g/mol. The van der Waals surface area contributed by atoms with Gasteiger partial charge in [0.05, 0.1) is 11.8 Å². The topological polar surface area (TPSA) is 98.7 Å². The minimum Gasteiger partial charge on any atom is -0.396 e. The molecule has 0 radical (unpaired) electrons.